The summed E-state index contributed by atoms with van der Waals surface area (Å²) in [6.45, 7) is 6.89. The fourth-order valence-corrected chi connectivity index (χ4v) is 0.522. The number of hydrogen-bond donors (Lipinski definition) is 0. The van der Waals surface area contributed by atoms with Crippen LogP contribution in [-0.4, -0.2) is 25.2 Å². The van der Waals surface area contributed by atoms with Crippen molar-refractivity contribution in [3.8, 4) is 0 Å². The highest BCUT2D eigenvalue weighted by Gasteiger charge is 1.97. The van der Waals surface area contributed by atoms with Crippen LogP contribution in [-0.2, 0) is 19.1 Å². The van der Waals surface area contributed by atoms with Gasteiger partial charge in [-0.05, 0) is 0 Å². The van der Waals surface area contributed by atoms with Crippen molar-refractivity contribution in [1.29, 1.82) is 0 Å². The number of hydrogen-bond acceptors (Lipinski definition) is 4. The summed E-state index contributed by atoms with van der Waals surface area (Å²) >= 11 is 0. The van der Waals surface area contributed by atoms with Crippen molar-refractivity contribution in [2.24, 2.45) is 0 Å². The van der Waals surface area contributed by atoms with Crippen molar-refractivity contribution in [1.82, 2.24) is 0 Å². The maximum atomic E-state index is 10.5. The number of carbonyl (C=O) groups is 2. The van der Waals surface area contributed by atoms with Crippen molar-refractivity contribution in [2.75, 3.05) is 13.2 Å². The molecule has 0 bridgehead atoms. The van der Waals surface area contributed by atoms with Gasteiger partial charge in [-0.3, -0.25) is 0 Å². The summed E-state index contributed by atoms with van der Waals surface area (Å²) in [5, 5.41) is 0. The Morgan fingerprint density at radius 1 is 1.08 bits per heavy atom. The van der Waals surface area contributed by atoms with Gasteiger partial charge < -0.3 is 9.47 Å². The summed E-state index contributed by atoms with van der Waals surface area (Å²) in [7, 11) is 0. The lowest BCUT2D eigenvalue weighted by Crippen LogP contribution is -2.07. The van der Waals surface area contributed by atoms with Gasteiger partial charge in [0.05, 0.1) is 13.2 Å². The topological polar surface area (TPSA) is 52.6 Å². The fraction of sp³-hybridized carbons (Fsp3) is 0.333. The molecule has 0 saturated heterocycles. The number of rotatable bonds is 6. The third kappa shape index (κ3) is 6.80. The largest absolute Gasteiger partial charge is 1.00 e. The Kier molecular flexibility index (Phi) is 6.23. The average molecular weight is 185 g/mol. The standard InChI is InChI=1S/C9H12O4/c1-3-8(10)12-6-5-7-13-9(11)4-2/h3-4H,1-2,5-7H2/p+1. The minimum atomic E-state index is -0.477. The van der Waals surface area contributed by atoms with Crippen LogP contribution in [0.4, 0.5) is 0 Å². The molecule has 0 fully saturated rings. The molecule has 0 atom stereocenters. The highest BCUT2D eigenvalue weighted by Crippen LogP contribution is 1.87. The molecule has 0 radical (unpaired) electrons. The van der Waals surface area contributed by atoms with Gasteiger partial charge in [0.15, 0.2) is 0 Å². The first-order chi connectivity index (χ1) is 6.20. The predicted octanol–water partition coefficient (Wildman–Crippen LogP) is 0.947. The van der Waals surface area contributed by atoms with Gasteiger partial charge in [0.1, 0.15) is 0 Å². The van der Waals surface area contributed by atoms with E-state index in [1.165, 1.54) is 0 Å². The van der Waals surface area contributed by atoms with Gasteiger partial charge in [0.25, 0.3) is 0 Å². The average Bonchev–Trinajstić information content (AvgIpc) is 2.16. The summed E-state index contributed by atoms with van der Waals surface area (Å²) in [4.78, 5) is 21.0. The molecule has 0 aromatic rings. The van der Waals surface area contributed by atoms with Crippen LogP contribution >= 0.6 is 0 Å². The quantitative estimate of drug-likeness (QED) is 0.351. The maximum absolute atomic E-state index is 10.5. The Balaban J connectivity index is 0. The van der Waals surface area contributed by atoms with Gasteiger partial charge in [0.2, 0.25) is 0 Å². The lowest BCUT2D eigenvalue weighted by atomic mass is 10.5. The number of ether oxygens (including phenoxy) is 2. The Bertz CT molecular complexity index is 191. The zero-order chi connectivity index (χ0) is 10.1. The van der Waals surface area contributed by atoms with Crippen LogP contribution in [0.1, 0.15) is 7.85 Å². The van der Waals surface area contributed by atoms with E-state index in [9.17, 15) is 9.59 Å². The zero-order valence-corrected chi connectivity index (χ0v) is 7.32. The van der Waals surface area contributed by atoms with Crippen molar-refractivity contribution in [3.63, 3.8) is 0 Å². The molecular formula is C9H13O4+. The molecule has 0 heterocycles. The van der Waals surface area contributed by atoms with Gasteiger partial charge in [-0.15, -0.1) is 0 Å². The highest BCUT2D eigenvalue weighted by atomic mass is 16.5. The number of carbonyl (C=O) groups excluding carboxylic acids is 2. The van der Waals surface area contributed by atoms with Crippen LogP contribution < -0.4 is 0 Å². The predicted molar refractivity (Wildman–Crippen MR) is 48.0 cm³/mol. The molecule has 0 unspecified atom stereocenters. The van der Waals surface area contributed by atoms with E-state index in [1.807, 2.05) is 0 Å². The monoisotopic (exact) mass is 185 g/mol. The van der Waals surface area contributed by atoms with Crippen LogP contribution in [0.15, 0.2) is 25.3 Å². The van der Waals surface area contributed by atoms with Crippen LogP contribution in [0.3, 0.4) is 0 Å². The first-order valence-electron chi connectivity index (χ1n) is 3.79. The molecule has 0 N–H and O–H groups in total. The van der Waals surface area contributed by atoms with E-state index in [4.69, 9.17) is 0 Å². The van der Waals surface area contributed by atoms with E-state index in [2.05, 4.69) is 22.6 Å². The van der Waals surface area contributed by atoms with Crippen molar-refractivity contribution in [3.05, 3.63) is 25.3 Å². The van der Waals surface area contributed by atoms with E-state index < -0.39 is 11.9 Å². The molecule has 0 rings (SSSR count). The van der Waals surface area contributed by atoms with Gasteiger partial charge in [-0.25, -0.2) is 9.59 Å². The van der Waals surface area contributed by atoms with Crippen molar-refractivity contribution < 1.29 is 20.5 Å². The Hall–Kier alpha value is -1.58. The SMILES string of the molecule is C=CC(=O)OCCCOC(=O)C=C.[H+]. The third-order valence-corrected chi connectivity index (χ3v) is 1.11. The molecule has 0 aliphatic rings. The van der Waals surface area contributed by atoms with E-state index in [-0.39, 0.29) is 14.6 Å². The van der Waals surface area contributed by atoms with Gasteiger partial charge >= 0.3 is 13.4 Å². The maximum Gasteiger partial charge on any atom is 1.00 e. The van der Waals surface area contributed by atoms with Gasteiger partial charge in [0, 0.05) is 18.6 Å². The van der Waals surface area contributed by atoms with Crippen molar-refractivity contribution in [2.45, 2.75) is 6.42 Å². The lowest BCUT2D eigenvalue weighted by molar-refractivity contribution is -0.140. The summed E-state index contributed by atoms with van der Waals surface area (Å²) in [5.41, 5.74) is 0. The molecule has 0 saturated carbocycles. The van der Waals surface area contributed by atoms with E-state index in [0.29, 0.717) is 6.42 Å². The summed E-state index contributed by atoms with van der Waals surface area (Å²) < 4.78 is 9.27. The van der Waals surface area contributed by atoms with Crippen LogP contribution in [0, 0.1) is 0 Å². The molecule has 4 heteroatoms. The molecule has 72 valence electrons. The molecule has 0 aromatic carbocycles. The summed E-state index contributed by atoms with van der Waals surface area (Å²) in [5.74, 6) is -0.954. The molecule has 0 spiro atoms. The molecule has 0 aliphatic carbocycles. The van der Waals surface area contributed by atoms with E-state index in [0.717, 1.165) is 12.2 Å². The fourth-order valence-electron chi connectivity index (χ4n) is 0.522. The molecule has 4 nitrogen and oxygen atoms in total. The first kappa shape index (κ1) is 11.4. The molecule has 0 aromatic heterocycles. The highest BCUT2D eigenvalue weighted by molar-refractivity contribution is 5.81. The van der Waals surface area contributed by atoms with E-state index >= 15 is 0 Å². The number of esters is 2. The molecule has 13 heavy (non-hydrogen) atoms. The minimum absolute atomic E-state index is 0. The normalized spacial score (nSPS) is 8.62. The second kappa shape index (κ2) is 7.09. The Labute approximate surface area is 78.3 Å². The summed E-state index contributed by atoms with van der Waals surface area (Å²) in [6.07, 6.45) is 2.63. The summed E-state index contributed by atoms with van der Waals surface area (Å²) in [6, 6.07) is 0. The lowest BCUT2D eigenvalue weighted by Gasteiger charge is -2.02. The third-order valence-electron chi connectivity index (χ3n) is 1.11. The minimum Gasteiger partial charge on any atom is -0.462 e. The molecule has 0 amide bonds. The second-order valence-corrected chi connectivity index (χ2v) is 2.10. The van der Waals surface area contributed by atoms with Crippen LogP contribution in [0.5, 0.6) is 0 Å². The van der Waals surface area contributed by atoms with Gasteiger partial charge in [-0.1, -0.05) is 13.2 Å². The Morgan fingerprint density at radius 2 is 1.46 bits per heavy atom. The zero-order valence-electron chi connectivity index (χ0n) is 8.32. The Morgan fingerprint density at radius 3 is 1.77 bits per heavy atom. The van der Waals surface area contributed by atoms with Crippen LogP contribution in [0.2, 0.25) is 0 Å². The van der Waals surface area contributed by atoms with Crippen molar-refractivity contribution >= 4 is 11.9 Å². The van der Waals surface area contributed by atoms with Gasteiger partial charge in [-0.2, -0.15) is 0 Å². The smallest absolute Gasteiger partial charge is 0.462 e. The molecule has 0 aliphatic heterocycles. The molecular weight excluding hydrogens is 172 g/mol. The first-order valence-corrected chi connectivity index (χ1v) is 3.79. The van der Waals surface area contributed by atoms with E-state index in [1.54, 1.807) is 0 Å². The second-order valence-electron chi connectivity index (χ2n) is 2.10. The van der Waals surface area contributed by atoms with Crippen LogP contribution in [0.25, 0.3) is 0 Å².